The van der Waals surface area contributed by atoms with Crippen LogP contribution in [0.4, 0.5) is 0 Å². The highest BCUT2D eigenvalue weighted by molar-refractivity contribution is 4.48. The molecule has 0 fully saturated rings. The van der Waals surface area contributed by atoms with Gasteiger partial charge in [0, 0.05) is 0 Å². The third-order valence-corrected chi connectivity index (χ3v) is 3.60. The first-order valence-electron chi connectivity index (χ1n) is 8.21. The van der Waals surface area contributed by atoms with E-state index >= 15 is 0 Å². The lowest BCUT2D eigenvalue weighted by atomic mass is 10.0. The Morgan fingerprint density at radius 1 is 0.529 bits per heavy atom. The van der Waals surface area contributed by atoms with Gasteiger partial charge in [-0.1, -0.05) is 84.0 Å². The molecule has 0 radical (unpaired) electrons. The van der Waals surface area contributed by atoms with E-state index in [-0.39, 0.29) is 1.43 Å². The maximum absolute atomic E-state index is 3.88. The molecule has 0 amide bonds. The van der Waals surface area contributed by atoms with E-state index in [0.717, 1.165) is 6.54 Å². The number of hydrogen-bond donors (Lipinski definition) is 1. The standard InChI is InChI=1S/C16H35N.H/c1-2-3-4-5-6-7-8-9-10-11-12-13-14-15-16-17;/h2-17H2,1H3;/q;-1/p+1. The zero-order chi connectivity index (χ0) is 12.6. The number of quaternary nitrogens is 1. The Morgan fingerprint density at radius 2 is 0.824 bits per heavy atom. The minimum atomic E-state index is 0. The van der Waals surface area contributed by atoms with Gasteiger partial charge in [-0.2, -0.15) is 0 Å². The predicted octanol–water partition coefficient (Wildman–Crippen LogP) is 4.82. The van der Waals surface area contributed by atoms with Crippen LogP contribution in [-0.2, 0) is 0 Å². The van der Waals surface area contributed by atoms with Crippen molar-refractivity contribution >= 4 is 0 Å². The largest absolute Gasteiger partial charge is 1.00 e. The molecule has 0 aliphatic rings. The Labute approximate surface area is 111 Å². The van der Waals surface area contributed by atoms with Crippen LogP contribution in [-0.4, -0.2) is 6.54 Å². The van der Waals surface area contributed by atoms with Crippen molar-refractivity contribution < 1.29 is 7.16 Å². The Balaban J connectivity index is 0. The van der Waals surface area contributed by atoms with Crippen molar-refractivity contribution in [2.45, 2.75) is 96.8 Å². The van der Waals surface area contributed by atoms with Crippen LogP contribution >= 0.6 is 0 Å². The van der Waals surface area contributed by atoms with Crippen molar-refractivity contribution in [1.29, 1.82) is 0 Å². The van der Waals surface area contributed by atoms with Crippen LogP contribution in [0.3, 0.4) is 0 Å². The maximum atomic E-state index is 3.88. The van der Waals surface area contributed by atoms with Gasteiger partial charge >= 0.3 is 0 Å². The molecule has 1 heteroatoms. The molecule has 0 saturated carbocycles. The molecule has 17 heavy (non-hydrogen) atoms. The van der Waals surface area contributed by atoms with Crippen LogP contribution in [0.15, 0.2) is 0 Å². The molecule has 0 aromatic rings. The van der Waals surface area contributed by atoms with Gasteiger partial charge < -0.3 is 7.16 Å². The van der Waals surface area contributed by atoms with Crippen molar-refractivity contribution in [2.24, 2.45) is 0 Å². The fraction of sp³-hybridized carbons (Fsp3) is 1.00. The molecule has 0 saturated heterocycles. The average Bonchev–Trinajstić information content (AvgIpc) is 2.35. The van der Waals surface area contributed by atoms with Crippen LogP contribution in [0.1, 0.15) is 98.2 Å². The van der Waals surface area contributed by atoms with Crippen molar-refractivity contribution in [3.8, 4) is 0 Å². The lowest BCUT2D eigenvalue weighted by Crippen LogP contribution is -2.50. The molecule has 0 aliphatic heterocycles. The number of rotatable bonds is 14. The summed E-state index contributed by atoms with van der Waals surface area (Å²) in [4.78, 5) is 0. The highest BCUT2D eigenvalue weighted by Crippen LogP contribution is 2.12. The first-order chi connectivity index (χ1) is 8.41. The summed E-state index contributed by atoms with van der Waals surface area (Å²) < 4.78 is 0. The molecular weight excluding hydrogens is 206 g/mol. The van der Waals surface area contributed by atoms with Gasteiger partial charge in [-0.15, -0.1) is 0 Å². The normalized spacial score (nSPS) is 10.9. The van der Waals surface area contributed by atoms with Crippen LogP contribution < -0.4 is 5.73 Å². The third-order valence-electron chi connectivity index (χ3n) is 3.60. The van der Waals surface area contributed by atoms with E-state index in [1.165, 1.54) is 89.9 Å². The van der Waals surface area contributed by atoms with Gasteiger partial charge in [-0.3, -0.25) is 0 Å². The zero-order valence-electron chi connectivity index (χ0n) is 13.3. The SMILES string of the molecule is CCCCCCCCCCCCCCCC[NH3+].[H-]. The van der Waals surface area contributed by atoms with E-state index in [4.69, 9.17) is 0 Å². The quantitative estimate of drug-likeness (QED) is 0.424. The van der Waals surface area contributed by atoms with E-state index in [9.17, 15) is 0 Å². The monoisotopic (exact) mass is 243 g/mol. The molecule has 1 nitrogen and oxygen atoms in total. The van der Waals surface area contributed by atoms with Gasteiger partial charge in [0.2, 0.25) is 0 Å². The zero-order valence-corrected chi connectivity index (χ0v) is 12.3. The average molecular weight is 243 g/mol. The second-order valence-electron chi connectivity index (χ2n) is 5.45. The summed E-state index contributed by atoms with van der Waals surface area (Å²) in [6.45, 7) is 3.41. The molecule has 0 heterocycles. The first-order valence-corrected chi connectivity index (χ1v) is 8.21. The van der Waals surface area contributed by atoms with Gasteiger partial charge in [0.25, 0.3) is 0 Å². The van der Waals surface area contributed by atoms with E-state index < -0.39 is 0 Å². The molecule has 0 unspecified atom stereocenters. The van der Waals surface area contributed by atoms with E-state index in [2.05, 4.69) is 12.7 Å². The van der Waals surface area contributed by atoms with E-state index in [1.807, 2.05) is 0 Å². The van der Waals surface area contributed by atoms with Crippen LogP contribution in [0.2, 0.25) is 0 Å². The van der Waals surface area contributed by atoms with E-state index in [1.54, 1.807) is 0 Å². The summed E-state index contributed by atoms with van der Waals surface area (Å²) in [5, 5.41) is 0. The molecule has 0 aromatic carbocycles. The topological polar surface area (TPSA) is 27.6 Å². The highest BCUT2D eigenvalue weighted by Gasteiger charge is 1.93. The molecule has 0 aliphatic carbocycles. The minimum absolute atomic E-state index is 0. The smallest absolute Gasteiger partial charge is 0.0739 e. The van der Waals surface area contributed by atoms with Crippen molar-refractivity contribution in [3.63, 3.8) is 0 Å². The summed E-state index contributed by atoms with van der Waals surface area (Å²) in [6, 6.07) is 0. The first kappa shape index (κ1) is 17.0. The van der Waals surface area contributed by atoms with Gasteiger partial charge in [0.05, 0.1) is 6.54 Å². The van der Waals surface area contributed by atoms with Crippen LogP contribution in [0.5, 0.6) is 0 Å². The summed E-state index contributed by atoms with van der Waals surface area (Å²) in [7, 11) is 0. The Hall–Kier alpha value is -0.0400. The Kier molecular flexibility index (Phi) is 15.9. The van der Waals surface area contributed by atoms with Gasteiger partial charge in [-0.25, -0.2) is 0 Å². The molecule has 0 atom stereocenters. The van der Waals surface area contributed by atoms with E-state index in [0.29, 0.717) is 0 Å². The van der Waals surface area contributed by atoms with Crippen molar-refractivity contribution in [1.82, 2.24) is 0 Å². The fourth-order valence-corrected chi connectivity index (χ4v) is 2.37. The van der Waals surface area contributed by atoms with Gasteiger partial charge in [0.1, 0.15) is 0 Å². The minimum Gasteiger partial charge on any atom is -1.00 e. The summed E-state index contributed by atoms with van der Waals surface area (Å²) in [5.41, 5.74) is 3.88. The molecule has 106 valence electrons. The van der Waals surface area contributed by atoms with Gasteiger partial charge in [0.15, 0.2) is 0 Å². The molecular formula is C16H37N. The van der Waals surface area contributed by atoms with Crippen molar-refractivity contribution in [3.05, 3.63) is 0 Å². The second-order valence-corrected chi connectivity index (χ2v) is 5.45. The third kappa shape index (κ3) is 16.0. The lowest BCUT2D eigenvalue weighted by molar-refractivity contribution is -0.368. The molecule has 0 aromatic heterocycles. The number of hydrogen-bond acceptors (Lipinski definition) is 0. The fourth-order valence-electron chi connectivity index (χ4n) is 2.37. The summed E-state index contributed by atoms with van der Waals surface area (Å²) in [6.07, 6.45) is 20.2. The molecule has 0 rings (SSSR count). The summed E-state index contributed by atoms with van der Waals surface area (Å²) >= 11 is 0. The summed E-state index contributed by atoms with van der Waals surface area (Å²) in [5.74, 6) is 0. The van der Waals surface area contributed by atoms with Gasteiger partial charge in [-0.05, 0) is 12.8 Å². The Morgan fingerprint density at radius 3 is 1.12 bits per heavy atom. The van der Waals surface area contributed by atoms with Crippen LogP contribution in [0, 0.1) is 0 Å². The maximum Gasteiger partial charge on any atom is 0.0739 e. The Bertz CT molecular complexity index is 114. The van der Waals surface area contributed by atoms with Crippen LogP contribution in [0.25, 0.3) is 0 Å². The lowest BCUT2D eigenvalue weighted by Gasteiger charge is -2.02. The molecule has 0 bridgehead atoms. The highest BCUT2D eigenvalue weighted by atomic mass is 14.5. The van der Waals surface area contributed by atoms with Crippen molar-refractivity contribution in [2.75, 3.05) is 6.54 Å². The predicted molar refractivity (Wildman–Crippen MR) is 79.2 cm³/mol. The second kappa shape index (κ2) is 16.0. The molecule has 3 N–H and O–H groups in total. The number of unbranched alkanes of at least 4 members (excludes halogenated alkanes) is 13. The molecule has 0 spiro atoms.